The Morgan fingerprint density at radius 2 is 2.18 bits per heavy atom. The molecule has 11 heavy (non-hydrogen) atoms. The molecule has 1 atom stereocenters. The number of ether oxygens (including phenoxy) is 1. The first-order valence-electron chi connectivity index (χ1n) is 2.96. The minimum atomic E-state index is -0.909. The van der Waals surface area contributed by atoms with Crippen LogP contribution in [0.5, 0.6) is 0 Å². The first-order chi connectivity index (χ1) is 5.07. The van der Waals surface area contributed by atoms with E-state index in [2.05, 4.69) is 21.2 Å². The highest BCUT2D eigenvalue weighted by Crippen LogP contribution is 1.96. The van der Waals surface area contributed by atoms with Crippen molar-refractivity contribution in [3.63, 3.8) is 0 Å². The van der Waals surface area contributed by atoms with E-state index in [1.807, 2.05) is 0 Å². The minimum Gasteiger partial charge on any atom is -0.449 e. The van der Waals surface area contributed by atoms with Crippen molar-refractivity contribution in [3.05, 3.63) is 0 Å². The van der Waals surface area contributed by atoms with Gasteiger partial charge in [-0.3, -0.25) is 4.84 Å². The van der Waals surface area contributed by atoms with Crippen LogP contribution in [0.15, 0.2) is 0 Å². The van der Waals surface area contributed by atoms with Gasteiger partial charge in [0.15, 0.2) is 0 Å². The van der Waals surface area contributed by atoms with Gasteiger partial charge in [0.25, 0.3) is 0 Å². The van der Waals surface area contributed by atoms with Gasteiger partial charge in [-0.1, -0.05) is 0 Å². The molecule has 6 heteroatoms. The van der Waals surface area contributed by atoms with Crippen LogP contribution in [0.2, 0.25) is 0 Å². The van der Waals surface area contributed by atoms with Crippen LogP contribution in [0, 0.1) is 5.92 Å². The molecule has 0 spiro atoms. The number of hydrogen-bond donors (Lipinski definition) is 2. The van der Waals surface area contributed by atoms with Gasteiger partial charge in [-0.25, -0.2) is 9.59 Å². The van der Waals surface area contributed by atoms with Crippen LogP contribution >= 0.6 is 0 Å². The van der Waals surface area contributed by atoms with E-state index in [1.54, 1.807) is 0 Å². The van der Waals surface area contributed by atoms with E-state index in [4.69, 9.17) is 0 Å². The van der Waals surface area contributed by atoms with Gasteiger partial charge in [0.05, 0.1) is 5.92 Å². The summed E-state index contributed by atoms with van der Waals surface area (Å²) in [6.07, 6.45) is -0.909. The van der Waals surface area contributed by atoms with Gasteiger partial charge in [0, 0.05) is 0 Å². The van der Waals surface area contributed by atoms with Crippen LogP contribution in [-0.4, -0.2) is 18.7 Å². The van der Waals surface area contributed by atoms with Crippen LogP contribution < -0.4 is 11.6 Å². The lowest BCUT2D eigenvalue weighted by atomic mass is 10.2. The van der Waals surface area contributed by atoms with Gasteiger partial charge in [-0.15, -0.1) is 0 Å². The van der Waals surface area contributed by atoms with Gasteiger partial charge >= 0.3 is 12.1 Å². The average Bonchev–Trinajstić information content (AvgIpc) is 1.98. The number of carbonyl (C=O) groups is 2. The second-order valence-corrected chi connectivity index (χ2v) is 1.99. The Kier molecular flexibility index (Phi) is 3.97. The zero-order chi connectivity index (χ0) is 8.85. The Morgan fingerprint density at radius 3 is 2.55 bits per heavy atom. The van der Waals surface area contributed by atoms with Crippen molar-refractivity contribution in [2.45, 2.75) is 6.92 Å². The fourth-order valence-electron chi connectivity index (χ4n) is 0.417. The van der Waals surface area contributed by atoms with E-state index in [0.29, 0.717) is 0 Å². The Balaban J connectivity index is 3.60. The molecule has 0 aromatic rings. The predicted molar refractivity (Wildman–Crippen MR) is 33.7 cm³/mol. The van der Waals surface area contributed by atoms with Gasteiger partial charge in [0.2, 0.25) is 0 Å². The largest absolute Gasteiger partial charge is 0.449 e. The fraction of sp³-hybridized carbons (Fsp3) is 0.600. The topological polar surface area (TPSA) is 106 Å². The first kappa shape index (κ1) is 9.70. The lowest BCUT2D eigenvalue weighted by Crippen LogP contribution is -2.52. The normalized spacial score (nSPS) is 11.8. The Hall–Kier alpha value is -1.30. The maximum Gasteiger partial charge on any atom is 0.404 e. The molecule has 5 N–H and O–H groups in total. The molecule has 0 saturated carbocycles. The molecule has 0 aromatic carbocycles. The molecule has 1 unspecified atom stereocenters. The van der Waals surface area contributed by atoms with E-state index in [0.717, 1.165) is 0 Å². The maximum atomic E-state index is 10.6. The third-order valence-corrected chi connectivity index (χ3v) is 1.02. The first-order valence-corrected chi connectivity index (χ1v) is 2.96. The maximum absolute atomic E-state index is 10.6. The summed E-state index contributed by atoms with van der Waals surface area (Å²) in [5.74, 6) is 1.85. The highest BCUT2D eigenvalue weighted by molar-refractivity contribution is 5.72. The average molecular weight is 163 g/mol. The van der Waals surface area contributed by atoms with Crippen LogP contribution in [-0.2, 0) is 14.4 Å². The quantitative estimate of drug-likeness (QED) is 0.489. The summed E-state index contributed by atoms with van der Waals surface area (Å²) in [4.78, 5) is 24.8. The van der Waals surface area contributed by atoms with Crippen molar-refractivity contribution in [3.8, 4) is 0 Å². The van der Waals surface area contributed by atoms with Crippen molar-refractivity contribution in [1.82, 2.24) is 0 Å². The molecule has 0 saturated heterocycles. The van der Waals surface area contributed by atoms with Gasteiger partial charge in [-0.2, -0.15) is 5.90 Å². The summed E-state index contributed by atoms with van der Waals surface area (Å²) in [7, 11) is 0. The molecular weight excluding hydrogens is 152 g/mol. The molecule has 0 aliphatic carbocycles. The SMILES string of the molecule is CC(COC(N)=O)C(=O)O[NH3+]. The Bertz CT molecular complexity index is 159. The summed E-state index contributed by atoms with van der Waals surface area (Å²) in [6.45, 7) is 1.46. The number of quaternary nitrogens is 1. The molecule has 64 valence electrons. The standard InChI is InChI=1S/C5H10N2O4/c1-3(4(8)11-7)2-10-5(6)9/h3H,2H2,1,7H3,(H-,6,9)/p+1. The van der Waals surface area contributed by atoms with Gasteiger partial charge in [0.1, 0.15) is 6.61 Å². The Labute approximate surface area is 63.4 Å². The second kappa shape index (κ2) is 4.51. The van der Waals surface area contributed by atoms with Crippen LogP contribution in [0.3, 0.4) is 0 Å². The highest BCUT2D eigenvalue weighted by Gasteiger charge is 2.16. The van der Waals surface area contributed by atoms with E-state index in [1.165, 1.54) is 6.92 Å². The van der Waals surface area contributed by atoms with Crippen molar-refractivity contribution < 1.29 is 25.1 Å². The highest BCUT2D eigenvalue weighted by atomic mass is 16.7. The van der Waals surface area contributed by atoms with Crippen molar-refractivity contribution in [2.75, 3.05) is 6.61 Å². The monoisotopic (exact) mass is 163 g/mol. The van der Waals surface area contributed by atoms with Gasteiger partial charge < -0.3 is 10.5 Å². The number of nitrogens with two attached hydrogens (primary N) is 1. The number of primary amides is 1. The molecule has 0 aliphatic rings. The molecule has 1 amide bonds. The molecule has 6 nitrogen and oxygen atoms in total. The number of amides is 1. The van der Waals surface area contributed by atoms with E-state index >= 15 is 0 Å². The summed E-state index contributed by atoms with van der Waals surface area (Å²) in [5, 5.41) is 0. The fourth-order valence-corrected chi connectivity index (χ4v) is 0.417. The number of carbonyl (C=O) groups excluding carboxylic acids is 2. The molecule has 0 rings (SSSR count). The molecule has 0 fully saturated rings. The summed E-state index contributed by atoms with van der Waals surface area (Å²) >= 11 is 0. The van der Waals surface area contributed by atoms with Crippen molar-refractivity contribution in [2.24, 2.45) is 11.7 Å². The summed E-state index contributed by atoms with van der Waals surface area (Å²) < 4.78 is 4.34. The molecule has 0 heterocycles. The summed E-state index contributed by atoms with van der Waals surface area (Å²) in [5.41, 5.74) is 4.65. The van der Waals surface area contributed by atoms with Crippen LogP contribution in [0.1, 0.15) is 6.92 Å². The summed E-state index contributed by atoms with van der Waals surface area (Å²) in [6, 6.07) is 0. The van der Waals surface area contributed by atoms with E-state index in [-0.39, 0.29) is 6.61 Å². The zero-order valence-electron chi connectivity index (χ0n) is 6.20. The number of rotatable bonds is 3. The molecule has 0 aliphatic heterocycles. The molecule has 0 aromatic heterocycles. The molecule has 0 bridgehead atoms. The molecule has 0 radical (unpaired) electrons. The lowest BCUT2D eigenvalue weighted by Gasteiger charge is -2.05. The third kappa shape index (κ3) is 4.15. The van der Waals surface area contributed by atoms with E-state index in [9.17, 15) is 9.59 Å². The van der Waals surface area contributed by atoms with Crippen LogP contribution in [0.4, 0.5) is 4.79 Å². The molecular formula is C5H11N2O4+. The predicted octanol–water partition coefficient (Wildman–Crippen LogP) is -1.58. The Morgan fingerprint density at radius 1 is 1.64 bits per heavy atom. The van der Waals surface area contributed by atoms with Crippen LogP contribution in [0.25, 0.3) is 0 Å². The van der Waals surface area contributed by atoms with Gasteiger partial charge in [-0.05, 0) is 6.92 Å². The van der Waals surface area contributed by atoms with Crippen molar-refractivity contribution >= 4 is 12.1 Å². The van der Waals surface area contributed by atoms with Crippen molar-refractivity contribution in [1.29, 1.82) is 0 Å². The smallest absolute Gasteiger partial charge is 0.404 e. The van der Waals surface area contributed by atoms with E-state index < -0.39 is 18.0 Å². The minimum absolute atomic E-state index is 0.0797. The second-order valence-electron chi connectivity index (χ2n) is 1.99. The third-order valence-electron chi connectivity index (χ3n) is 1.02. The zero-order valence-corrected chi connectivity index (χ0v) is 6.20. The lowest BCUT2D eigenvalue weighted by molar-refractivity contribution is -0.658. The number of hydrogen-bond acceptors (Lipinski definition) is 4.